The molecule has 0 radical (unpaired) electrons. The molecule has 5 heteroatoms. The highest BCUT2D eigenvalue weighted by molar-refractivity contribution is 6.01. The van der Waals surface area contributed by atoms with Crippen molar-refractivity contribution in [3.05, 3.63) is 23.8 Å². The second kappa shape index (κ2) is 5.11. The van der Waals surface area contributed by atoms with Crippen molar-refractivity contribution >= 4 is 23.1 Å². The Bertz CT molecular complexity index is 575. The van der Waals surface area contributed by atoms with E-state index in [1.165, 1.54) is 0 Å². The number of benzene rings is 1. The lowest BCUT2D eigenvalue weighted by Gasteiger charge is -2.19. The molecule has 0 aliphatic carbocycles. The van der Waals surface area contributed by atoms with Gasteiger partial charge in [-0.25, -0.2) is 0 Å². The molecular weight excluding hydrogens is 242 g/mol. The average Bonchev–Trinajstić information content (AvgIpc) is 2.65. The zero-order chi connectivity index (χ0) is 14.0. The first-order valence-corrected chi connectivity index (χ1v) is 6.02. The molecular formula is C14H15N3O2. The first-order valence-electron chi connectivity index (χ1n) is 6.02. The smallest absolute Gasteiger partial charge is 0.231 e. The number of anilines is 2. The van der Waals surface area contributed by atoms with Crippen LogP contribution in [0.2, 0.25) is 0 Å². The Morgan fingerprint density at radius 2 is 2.26 bits per heavy atom. The van der Waals surface area contributed by atoms with Gasteiger partial charge < -0.3 is 9.80 Å². The predicted octanol–water partition coefficient (Wildman–Crippen LogP) is 1.12. The minimum Gasteiger partial charge on any atom is -0.367 e. The molecule has 0 unspecified atom stereocenters. The van der Waals surface area contributed by atoms with Crippen LogP contribution in [0, 0.1) is 11.3 Å². The van der Waals surface area contributed by atoms with Crippen LogP contribution in [0.1, 0.15) is 12.0 Å². The second-order valence-corrected chi connectivity index (χ2v) is 4.67. The van der Waals surface area contributed by atoms with E-state index in [1.807, 2.05) is 24.3 Å². The fourth-order valence-corrected chi connectivity index (χ4v) is 2.19. The largest absolute Gasteiger partial charge is 0.367 e. The van der Waals surface area contributed by atoms with Gasteiger partial charge in [0.25, 0.3) is 0 Å². The summed E-state index contributed by atoms with van der Waals surface area (Å²) in [6.45, 7) is 0.204. The van der Waals surface area contributed by atoms with Gasteiger partial charge in [0, 0.05) is 25.5 Å². The van der Waals surface area contributed by atoms with Crippen LogP contribution < -0.4 is 9.80 Å². The van der Waals surface area contributed by atoms with Crippen molar-refractivity contribution in [2.45, 2.75) is 12.8 Å². The highest BCUT2D eigenvalue weighted by Crippen LogP contribution is 2.30. The van der Waals surface area contributed by atoms with Crippen LogP contribution in [-0.4, -0.2) is 32.3 Å². The summed E-state index contributed by atoms with van der Waals surface area (Å²) < 4.78 is 0. The third-order valence-corrected chi connectivity index (χ3v) is 3.27. The van der Waals surface area contributed by atoms with Crippen molar-refractivity contribution in [1.29, 1.82) is 5.26 Å². The summed E-state index contributed by atoms with van der Waals surface area (Å²) in [6, 6.07) is 7.55. The second-order valence-electron chi connectivity index (χ2n) is 4.67. The molecule has 2 rings (SSSR count). The van der Waals surface area contributed by atoms with Crippen molar-refractivity contribution in [1.82, 2.24) is 0 Å². The van der Waals surface area contributed by atoms with Gasteiger partial charge >= 0.3 is 0 Å². The highest BCUT2D eigenvalue weighted by atomic mass is 16.2. The molecule has 0 saturated carbocycles. The third kappa shape index (κ3) is 2.58. The van der Waals surface area contributed by atoms with E-state index in [9.17, 15) is 9.59 Å². The molecule has 0 fully saturated rings. The average molecular weight is 257 g/mol. The van der Waals surface area contributed by atoms with E-state index in [2.05, 4.69) is 0 Å². The quantitative estimate of drug-likeness (QED) is 0.811. The van der Waals surface area contributed by atoms with E-state index in [0.717, 1.165) is 16.9 Å². The van der Waals surface area contributed by atoms with E-state index in [0.29, 0.717) is 6.42 Å². The van der Waals surface area contributed by atoms with E-state index in [-0.39, 0.29) is 24.7 Å². The standard InChI is InChI=1S/C14H15N3O2/c1-16(9-12(18)5-6-15)11-3-4-13-10(7-11)8-14(19)17(13)2/h3-4,7H,5,8-9H2,1-2H3. The highest BCUT2D eigenvalue weighted by Gasteiger charge is 2.24. The number of ketones is 1. The number of nitriles is 1. The minimum absolute atomic E-state index is 0.0729. The molecule has 1 aromatic rings. The number of hydrogen-bond donors (Lipinski definition) is 0. The van der Waals surface area contributed by atoms with E-state index >= 15 is 0 Å². The molecule has 0 bridgehead atoms. The minimum atomic E-state index is -0.112. The van der Waals surface area contributed by atoms with E-state index in [4.69, 9.17) is 5.26 Å². The Labute approximate surface area is 112 Å². The Morgan fingerprint density at radius 1 is 1.53 bits per heavy atom. The molecule has 0 aromatic heterocycles. The number of rotatable bonds is 4. The van der Waals surface area contributed by atoms with Gasteiger partial charge in [-0.3, -0.25) is 9.59 Å². The van der Waals surface area contributed by atoms with Crippen LogP contribution in [0.5, 0.6) is 0 Å². The van der Waals surface area contributed by atoms with Crippen LogP contribution in [0.15, 0.2) is 18.2 Å². The number of likely N-dealkylation sites (N-methyl/N-ethyl adjacent to an activating group) is 2. The lowest BCUT2D eigenvalue weighted by atomic mass is 10.1. The van der Waals surface area contributed by atoms with Crippen molar-refractivity contribution < 1.29 is 9.59 Å². The number of carbonyl (C=O) groups excluding carboxylic acids is 2. The molecule has 0 N–H and O–H groups in total. The van der Waals surface area contributed by atoms with Crippen LogP contribution in [-0.2, 0) is 16.0 Å². The first kappa shape index (κ1) is 13.1. The van der Waals surface area contributed by atoms with Gasteiger partial charge in [0.2, 0.25) is 5.91 Å². The molecule has 0 saturated heterocycles. The molecule has 1 aromatic carbocycles. The zero-order valence-corrected chi connectivity index (χ0v) is 11.0. The predicted molar refractivity (Wildman–Crippen MR) is 72.1 cm³/mol. The van der Waals surface area contributed by atoms with Gasteiger partial charge in [-0.05, 0) is 23.8 Å². The third-order valence-electron chi connectivity index (χ3n) is 3.27. The number of amides is 1. The SMILES string of the molecule is CN(CC(=O)CC#N)c1ccc2c(c1)CC(=O)N2C. The molecule has 0 atom stereocenters. The summed E-state index contributed by atoms with van der Waals surface area (Å²) in [7, 11) is 3.56. The maximum Gasteiger partial charge on any atom is 0.231 e. The van der Waals surface area contributed by atoms with Gasteiger partial charge in [0.1, 0.15) is 0 Å². The number of hydrogen-bond acceptors (Lipinski definition) is 4. The van der Waals surface area contributed by atoms with E-state index in [1.54, 1.807) is 23.9 Å². The maximum atomic E-state index is 11.6. The van der Waals surface area contributed by atoms with Gasteiger partial charge in [-0.1, -0.05) is 0 Å². The summed E-state index contributed by atoms with van der Waals surface area (Å²) in [4.78, 5) is 26.5. The summed E-state index contributed by atoms with van der Waals surface area (Å²) in [5.41, 5.74) is 2.78. The van der Waals surface area contributed by atoms with Crippen molar-refractivity contribution in [2.75, 3.05) is 30.4 Å². The van der Waals surface area contributed by atoms with Crippen LogP contribution >= 0.6 is 0 Å². The molecule has 1 aliphatic rings. The van der Waals surface area contributed by atoms with Gasteiger partial charge in [-0.2, -0.15) is 5.26 Å². The lowest BCUT2D eigenvalue weighted by Crippen LogP contribution is -2.25. The van der Waals surface area contributed by atoms with Crippen LogP contribution in [0.25, 0.3) is 0 Å². The lowest BCUT2D eigenvalue weighted by molar-refractivity contribution is -0.117. The number of carbonyl (C=O) groups is 2. The summed E-state index contributed by atoms with van der Waals surface area (Å²) in [5.74, 6) is -0.0333. The molecule has 1 aliphatic heterocycles. The Hall–Kier alpha value is -2.35. The summed E-state index contributed by atoms with van der Waals surface area (Å²) in [5, 5.41) is 8.47. The summed E-state index contributed by atoms with van der Waals surface area (Å²) in [6.07, 6.45) is 0.330. The first-order chi connectivity index (χ1) is 9.02. The van der Waals surface area contributed by atoms with Crippen LogP contribution in [0.4, 0.5) is 11.4 Å². The molecule has 98 valence electrons. The molecule has 1 amide bonds. The normalized spacial score (nSPS) is 13.1. The van der Waals surface area contributed by atoms with Gasteiger partial charge in [0.05, 0.1) is 25.5 Å². The van der Waals surface area contributed by atoms with E-state index < -0.39 is 0 Å². The molecule has 0 spiro atoms. The van der Waals surface area contributed by atoms with Crippen molar-refractivity contribution in [3.8, 4) is 6.07 Å². The summed E-state index contributed by atoms with van der Waals surface area (Å²) >= 11 is 0. The van der Waals surface area contributed by atoms with Crippen molar-refractivity contribution in [2.24, 2.45) is 0 Å². The Morgan fingerprint density at radius 3 is 2.95 bits per heavy atom. The fraction of sp³-hybridized carbons (Fsp3) is 0.357. The van der Waals surface area contributed by atoms with Crippen molar-refractivity contribution in [3.63, 3.8) is 0 Å². The van der Waals surface area contributed by atoms with Gasteiger partial charge in [-0.15, -0.1) is 0 Å². The molecule has 5 nitrogen and oxygen atoms in total. The molecule has 1 heterocycles. The number of Topliss-reactive ketones (excluding diaryl/α,β-unsaturated/α-hetero) is 1. The maximum absolute atomic E-state index is 11.6. The van der Waals surface area contributed by atoms with Gasteiger partial charge in [0.15, 0.2) is 5.78 Å². The Kier molecular flexibility index (Phi) is 3.52. The zero-order valence-electron chi connectivity index (χ0n) is 11.0. The Balaban J connectivity index is 2.15. The fourth-order valence-electron chi connectivity index (χ4n) is 2.19. The molecule has 19 heavy (non-hydrogen) atoms. The topological polar surface area (TPSA) is 64.4 Å². The monoisotopic (exact) mass is 257 g/mol. The van der Waals surface area contributed by atoms with Crippen LogP contribution in [0.3, 0.4) is 0 Å². The number of fused-ring (bicyclic) bond motifs is 1. The number of nitrogens with zero attached hydrogens (tertiary/aromatic N) is 3.